The molecule has 7 rings (SSSR count). The van der Waals surface area contributed by atoms with E-state index in [4.69, 9.17) is 0 Å². The maximum atomic E-state index is 11.6. The number of carbonyl (C=O) groups is 2. The molecular weight excluding hydrogens is 1310 g/mol. The van der Waals surface area contributed by atoms with Crippen LogP contribution in [0.2, 0.25) is 0 Å². The van der Waals surface area contributed by atoms with Gasteiger partial charge >= 0.3 is 0 Å². The van der Waals surface area contributed by atoms with E-state index in [1.54, 1.807) is 6.08 Å². The number of hydrogen-bond acceptors (Lipinski definition) is 7. The van der Waals surface area contributed by atoms with Gasteiger partial charge in [0.25, 0.3) is 0 Å². The van der Waals surface area contributed by atoms with Crippen LogP contribution in [0.1, 0.15) is 401 Å². The van der Waals surface area contributed by atoms with E-state index in [0.717, 1.165) is 152 Å². The number of allylic oxidation sites excluding steroid dienone is 20. The fourth-order valence-electron chi connectivity index (χ4n) is 16.8. The summed E-state index contributed by atoms with van der Waals surface area (Å²) in [4.78, 5) is 22.9. The first kappa shape index (κ1) is 101. The Bertz CT molecular complexity index is 2750. The monoisotopic (exact) mass is 1490 g/mol. The third-order valence-electron chi connectivity index (χ3n) is 22.6. The van der Waals surface area contributed by atoms with E-state index < -0.39 is 0 Å². The van der Waals surface area contributed by atoms with Crippen LogP contribution in [0.5, 0.6) is 0 Å². The molecule has 0 heterocycles. The minimum Gasteiger partial charge on any atom is -0.393 e. The molecule has 7 aliphatic rings. The molecule has 107 heavy (non-hydrogen) atoms. The van der Waals surface area contributed by atoms with E-state index in [1.807, 2.05) is 24.3 Å². The number of hydrogen-bond donors (Lipinski definition) is 5. The van der Waals surface area contributed by atoms with Gasteiger partial charge in [-0.3, -0.25) is 9.59 Å². The fraction of sp³-hybridized carbons (Fsp3) is 0.740. The maximum absolute atomic E-state index is 11.6. The quantitative estimate of drug-likeness (QED) is 0.0320. The van der Waals surface area contributed by atoms with Gasteiger partial charge in [0.1, 0.15) is 5.78 Å². The molecule has 0 aliphatic heterocycles. The predicted molar refractivity (Wildman–Crippen MR) is 468 cm³/mol. The van der Waals surface area contributed by atoms with Crippen LogP contribution in [0.3, 0.4) is 0 Å². The second kappa shape index (κ2) is 62.5. The van der Waals surface area contributed by atoms with Crippen LogP contribution in [0, 0.1) is 47.3 Å². The Labute approximate surface area is 662 Å². The third kappa shape index (κ3) is 56.0. The lowest BCUT2D eigenvalue weighted by atomic mass is 9.83. The number of Topliss-reactive ketones (excluding diaryl/α,β-unsaturated/α-hetero) is 1. The third-order valence-corrected chi connectivity index (χ3v) is 22.6. The average molecular weight is 1490 g/mol. The van der Waals surface area contributed by atoms with Crippen molar-refractivity contribution in [3.63, 3.8) is 0 Å². The number of aliphatic hydroxyl groups is 5. The Morgan fingerprint density at radius 2 is 0.841 bits per heavy atom. The van der Waals surface area contributed by atoms with Crippen molar-refractivity contribution in [2.75, 3.05) is 0 Å². The highest BCUT2D eigenvalue weighted by Crippen LogP contribution is 2.34. The molecule has 0 spiro atoms. The zero-order valence-corrected chi connectivity index (χ0v) is 73.3. The molecule has 7 nitrogen and oxygen atoms in total. The van der Waals surface area contributed by atoms with E-state index >= 15 is 0 Å². The Kier molecular flexibility index (Phi) is 59.1. The lowest BCUT2D eigenvalue weighted by molar-refractivity contribution is -0.120. The molecule has 0 aromatic heterocycles. The summed E-state index contributed by atoms with van der Waals surface area (Å²) < 4.78 is 0. The number of carbonyl (C=O) groups excluding carboxylic acids is 2. The minimum absolute atomic E-state index is 0.0498. The maximum Gasteiger partial charge on any atom is 0.155 e. The van der Waals surface area contributed by atoms with Gasteiger partial charge < -0.3 is 25.5 Å². The van der Waals surface area contributed by atoms with Gasteiger partial charge in [0.05, 0.1) is 30.5 Å². The van der Waals surface area contributed by atoms with Gasteiger partial charge in [-0.05, 0) is 311 Å². The van der Waals surface area contributed by atoms with Crippen LogP contribution >= 0.6 is 0 Å². The molecule has 12 atom stereocenters. The minimum atomic E-state index is -0.178. The predicted octanol–water partition coefficient (Wildman–Crippen LogP) is 28.4. The fourth-order valence-corrected chi connectivity index (χ4v) is 16.8. The second-order valence-electron chi connectivity index (χ2n) is 35.6. The number of rotatable bonds is 34. The molecule has 7 heteroatoms. The molecule has 0 aromatic rings. The Balaban J connectivity index is 0.000000632. The Hall–Kier alpha value is -3.98. The number of ketones is 2. The van der Waals surface area contributed by atoms with Gasteiger partial charge in [-0.25, -0.2) is 0 Å². The zero-order valence-electron chi connectivity index (χ0n) is 73.3. The van der Waals surface area contributed by atoms with E-state index in [1.165, 1.54) is 203 Å². The van der Waals surface area contributed by atoms with E-state index in [2.05, 4.69) is 180 Å². The first-order valence-corrected chi connectivity index (χ1v) is 44.3. The smallest absolute Gasteiger partial charge is 0.155 e. The molecule has 2 fully saturated rings. The summed E-state index contributed by atoms with van der Waals surface area (Å²) >= 11 is 0. The summed E-state index contributed by atoms with van der Waals surface area (Å²) in [6, 6.07) is 0. The van der Waals surface area contributed by atoms with Crippen molar-refractivity contribution < 1.29 is 35.1 Å². The largest absolute Gasteiger partial charge is 0.393 e. The van der Waals surface area contributed by atoms with E-state index in [9.17, 15) is 35.1 Å². The summed E-state index contributed by atoms with van der Waals surface area (Å²) in [6.07, 6.45) is 76.4. The zero-order chi connectivity index (χ0) is 79.9. The van der Waals surface area contributed by atoms with Crippen molar-refractivity contribution in [3.05, 3.63) is 140 Å². The molecule has 0 radical (unpaired) electrons. The van der Waals surface area contributed by atoms with Crippen LogP contribution < -0.4 is 0 Å². The van der Waals surface area contributed by atoms with Crippen LogP contribution in [0.4, 0.5) is 0 Å². The number of aliphatic hydroxyl groups excluding tert-OH is 5. The Morgan fingerprint density at radius 3 is 1.25 bits per heavy atom. The summed E-state index contributed by atoms with van der Waals surface area (Å²) in [5.74, 6) is 5.92. The molecule has 0 saturated heterocycles. The topological polar surface area (TPSA) is 135 Å². The van der Waals surface area contributed by atoms with Crippen LogP contribution in [0.15, 0.2) is 140 Å². The summed E-state index contributed by atoms with van der Waals surface area (Å²) in [6.45, 7) is 41.5. The highest BCUT2D eigenvalue weighted by atomic mass is 16.3. The molecule has 7 aliphatic carbocycles. The molecule has 2 saturated carbocycles. The van der Waals surface area contributed by atoms with Gasteiger partial charge in [-0.1, -0.05) is 259 Å². The molecule has 0 amide bonds. The van der Waals surface area contributed by atoms with Crippen molar-refractivity contribution >= 4 is 11.6 Å². The average Bonchev–Trinajstić information content (AvgIpc) is 1.92. The van der Waals surface area contributed by atoms with Crippen molar-refractivity contribution in [1.82, 2.24) is 0 Å². The standard InChI is InChI=1S/C20H34O.C20H32O.C14H26O.C13H20O.C12H22O.C11H20O.C10H18O/c2*1-16(2)8-5-9-17(3)10-6-11-18(4)14-15-19-12-7-13-20(19)21;1-3-4-5-6-7-8-13-9-12(2)10-14(15)11-13;1-3-4-5-6-7-12-8-11(2)9-13(14)10-12;1-3-4-5-6-11-7-10(2)8-12(13)9-11;1-8(2)4-10-5-9(3)6-11(12)7-10;1-3-4-9-5-8(2)6-10(11)7-9/h8,10,14,19-21H,5-7,9,11-13,15H2,1-4H3;8,10,14,19H,5-7,9,11-13,15H2,1-4H3;10,13-15H,3-9,11H2,1-2H3;4-5,9,12H,3,6-8,10H2,1-2H3;8,11-13H,3-7,9H2,1-2H3;6,8,10-12H,4-5,7H2,1-3H3;6,9-11H,3-5,7H2,1-2H3/b2*17-10+,18-14+;;5-4-;;;. The molecule has 0 bridgehead atoms. The van der Waals surface area contributed by atoms with Crippen LogP contribution in [0.25, 0.3) is 0 Å². The lowest BCUT2D eigenvalue weighted by Crippen LogP contribution is -2.18. The van der Waals surface area contributed by atoms with Crippen molar-refractivity contribution in [2.24, 2.45) is 47.3 Å². The summed E-state index contributed by atoms with van der Waals surface area (Å²) in [7, 11) is 0. The van der Waals surface area contributed by atoms with Gasteiger partial charge in [0.2, 0.25) is 0 Å². The van der Waals surface area contributed by atoms with Gasteiger partial charge in [-0.15, -0.1) is 0 Å². The molecule has 5 N–H and O–H groups in total. The van der Waals surface area contributed by atoms with Gasteiger partial charge in [-0.2, -0.15) is 0 Å². The van der Waals surface area contributed by atoms with Crippen molar-refractivity contribution in [2.45, 2.75) is 432 Å². The second-order valence-corrected chi connectivity index (χ2v) is 35.6. The SMILES string of the molecule is CC(C)=CCC/C(C)=C/CC/C(C)=C/CC1CCCC1=O.CC(C)=CCC/C(C)=C/CC/C(C)=C/CC1CCCC1O.CC/C=C\CCC1CC(=O)C=C(C)C1.CC1=CC(O)CC(CC(C)C)C1.CCCC1CC(C)=CC(O)C1.CCCCCC1CC(C)=CC(O)C1.CCCCCCCC1CC(C)=CC(O)C1. The van der Waals surface area contributed by atoms with Crippen molar-refractivity contribution in [3.8, 4) is 0 Å². The van der Waals surface area contributed by atoms with E-state index in [-0.39, 0.29) is 30.5 Å². The number of unbranched alkanes of at least 4 members (excludes halogenated alkanes) is 6. The van der Waals surface area contributed by atoms with Crippen LogP contribution in [-0.4, -0.2) is 67.6 Å². The Morgan fingerprint density at radius 1 is 0.421 bits per heavy atom. The molecule has 12 unspecified atom stereocenters. The van der Waals surface area contributed by atoms with Crippen molar-refractivity contribution in [1.29, 1.82) is 0 Å². The lowest BCUT2D eigenvalue weighted by Gasteiger charge is -2.25. The highest BCUT2D eigenvalue weighted by molar-refractivity contribution is 5.91. The normalized spacial score (nSPS) is 25.4. The highest BCUT2D eigenvalue weighted by Gasteiger charge is 2.26. The first-order chi connectivity index (χ1) is 50.9. The first-order valence-electron chi connectivity index (χ1n) is 44.3. The van der Waals surface area contributed by atoms with Gasteiger partial charge in [0.15, 0.2) is 5.78 Å². The van der Waals surface area contributed by atoms with Gasteiger partial charge in [0, 0.05) is 18.8 Å². The van der Waals surface area contributed by atoms with Crippen LogP contribution in [-0.2, 0) is 9.59 Å². The molecule has 614 valence electrons. The summed E-state index contributed by atoms with van der Waals surface area (Å²) in [5.41, 5.74) is 15.5. The molecular formula is C100H172O7. The molecule has 0 aromatic carbocycles. The summed E-state index contributed by atoms with van der Waals surface area (Å²) in [5, 5.41) is 47.9. The van der Waals surface area contributed by atoms with E-state index in [0.29, 0.717) is 35.2 Å².